The van der Waals surface area contributed by atoms with Crippen molar-refractivity contribution in [3.8, 4) is 0 Å². The molecule has 0 atom stereocenters. The van der Waals surface area contributed by atoms with Crippen molar-refractivity contribution < 1.29 is 13.2 Å². The quantitative estimate of drug-likeness (QED) is 0.690. The van der Waals surface area contributed by atoms with Crippen LogP contribution in [0.15, 0.2) is 18.6 Å². The molecule has 9 heteroatoms. The van der Waals surface area contributed by atoms with E-state index in [9.17, 15) is 8.42 Å². The number of hydrogen-bond donors (Lipinski definition) is 0. The van der Waals surface area contributed by atoms with E-state index in [4.69, 9.17) is 4.74 Å². The summed E-state index contributed by atoms with van der Waals surface area (Å²) in [5.41, 5.74) is 0. The molecule has 0 N–H and O–H groups in total. The van der Waals surface area contributed by atoms with Gasteiger partial charge in [-0.3, -0.25) is 9.88 Å². The number of hydrogen-bond acceptors (Lipinski definition) is 7. The standard InChI is InChI=1S/C15H25N5O3S/c21-24(22,13-1-4-18-9-11-23-12-10-18)20-7-5-19(6-8-20)15-14-16-2-3-17-15/h2-3,14H,1,4-13H2. The molecule has 0 spiro atoms. The molecule has 0 aromatic carbocycles. The Balaban J connectivity index is 1.44. The first-order valence-corrected chi connectivity index (χ1v) is 10.0. The number of ether oxygens (including phenoxy) is 1. The van der Waals surface area contributed by atoms with Crippen molar-refractivity contribution in [1.82, 2.24) is 19.2 Å². The highest BCUT2D eigenvalue weighted by atomic mass is 32.2. The van der Waals surface area contributed by atoms with Gasteiger partial charge in [0.25, 0.3) is 0 Å². The van der Waals surface area contributed by atoms with E-state index in [1.54, 1.807) is 22.9 Å². The van der Waals surface area contributed by atoms with Crippen LogP contribution in [0.2, 0.25) is 0 Å². The fourth-order valence-electron chi connectivity index (χ4n) is 3.07. The van der Waals surface area contributed by atoms with Gasteiger partial charge in [-0.1, -0.05) is 0 Å². The number of anilines is 1. The van der Waals surface area contributed by atoms with E-state index in [-0.39, 0.29) is 5.75 Å². The first-order valence-electron chi connectivity index (χ1n) is 8.44. The SMILES string of the molecule is O=S(=O)(CCCN1CCOCC1)N1CCN(c2cnccn2)CC1. The third-order valence-corrected chi connectivity index (χ3v) is 6.44. The number of nitrogens with zero attached hydrogens (tertiary/aromatic N) is 5. The Bertz CT molecular complexity index is 599. The van der Waals surface area contributed by atoms with Gasteiger partial charge < -0.3 is 9.64 Å². The number of sulfonamides is 1. The van der Waals surface area contributed by atoms with Crippen molar-refractivity contribution >= 4 is 15.8 Å². The average Bonchev–Trinajstić information content (AvgIpc) is 2.63. The van der Waals surface area contributed by atoms with Crippen LogP contribution in [0.25, 0.3) is 0 Å². The van der Waals surface area contributed by atoms with E-state index in [0.717, 1.165) is 38.7 Å². The molecule has 0 saturated carbocycles. The van der Waals surface area contributed by atoms with E-state index in [0.29, 0.717) is 32.6 Å². The highest BCUT2D eigenvalue weighted by molar-refractivity contribution is 7.89. The average molecular weight is 355 g/mol. The molecule has 0 radical (unpaired) electrons. The monoisotopic (exact) mass is 355 g/mol. The molecule has 24 heavy (non-hydrogen) atoms. The highest BCUT2D eigenvalue weighted by Gasteiger charge is 2.27. The Hall–Kier alpha value is -1.29. The van der Waals surface area contributed by atoms with Crippen molar-refractivity contribution in [1.29, 1.82) is 0 Å². The van der Waals surface area contributed by atoms with E-state index in [2.05, 4.69) is 19.8 Å². The Kier molecular flexibility index (Phi) is 5.99. The summed E-state index contributed by atoms with van der Waals surface area (Å²) in [6.07, 6.45) is 5.68. The van der Waals surface area contributed by atoms with Crippen LogP contribution in [0.4, 0.5) is 5.82 Å². The van der Waals surface area contributed by atoms with Gasteiger partial charge in [0.05, 0.1) is 25.2 Å². The maximum absolute atomic E-state index is 12.5. The molecule has 2 fully saturated rings. The Morgan fingerprint density at radius 1 is 1.04 bits per heavy atom. The van der Waals surface area contributed by atoms with Gasteiger partial charge in [-0.2, -0.15) is 4.31 Å². The molecular weight excluding hydrogens is 330 g/mol. The molecule has 0 unspecified atom stereocenters. The second-order valence-corrected chi connectivity index (χ2v) is 8.16. The van der Waals surface area contributed by atoms with Gasteiger partial charge in [0.2, 0.25) is 10.0 Å². The summed E-state index contributed by atoms with van der Waals surface area (Å²) in [6.45, 7) is 6.44. The lowest BCUT2D eigenvalue weighted by atomic mass is 10.3. The molecule has 3 rings (SSSR count). The van der Waals surface area contributed by atoms with E-state index in [1.807, 2.05) is 0 Å². The molecule has 1 aromatic heterocycles. The Morgan fingerprint density at radius 2 is 1.79 bits per heavy atom. The van der Waals surface area contributed by atoms with E-state index >= 15 is 0 Å². The molecule has 1 aromatic rings. The van der Waals surface area contributed by atoms with Gasteiger partial charge in [-0.15, -0.1) is 0 Å². The maximum Gasteiger partial charge on any atom is 0.214 e. The lowest BCUT2D eigenvalue weighted by Gasteiger charge is -2.34. The van der Waals surface area contributed by atoms with Crippen LogP contribution in [0.3, 0.4) is 0 Å². The number of rotatable bonds is 6. The van der Waals surface area contributed by atoms with E-state index in [1.165, 1.54) is 0 Å². The second-order valence-electron chi connectivity index (χ2n) is 6.07. The first-order chi connectivity index (χ1) is 11.6. The van der Waals surface area contributed by atoms with Gasteiger partial charge in [0.1, 0.15) is 5.82 Å². The van der Waals surface area contributed by atoms with Gasteiger partial charge in [0.15, 0.2) is 0 Å². The summed E-state index contributed by atoms with van der Waals surface area (Å²) < 4.78 is 31.9. The molecule has 0 aliphatic carbocycles. The van der Waals surface area contributed by atoms with Crippen LogP contribution in [-0.4, -0.2) is 92.4 Å². The fraction of sp³-hybridized carbons (Fsp3) is 0.733. The summed E-state index contributed by atoms with van der Waals surface area (Å²) in [4.78, 5) is 12.7. The lowest BCUT2D eigenvalue weighted by molar-refractivity contribution is 0.0380. The van der Waals surface area contributed by atoms with Crippen molar-refractivity contribution in [3.63, 3.8) is 0 Å². The second kappa shape index (κ2) is 8.19. The predicted molar refractivity (Wildman–Crippen MR) is 91.5 cm³/mol. The fourth-order valence-corrected chi connectivity index (χ4v) is 4.55. The summed E-state index contributed by atoms with van der Waals surface area (Å²) in [7, 11) is -3.18. The molecule has 0 bridgehead atoms. The van der Waals surface area contributed by atoms with Crippen molar-refractivity contribution in [2.75, 3.05) is 69.7 Å². The molecule has 3 heterocycles. The largest absolute Gasteiger partial charge is 0.379 e. The lowest BCUT2D eigenvalue weighted by Crippen LogP contribution is -2.49. The highest BCUT2D eigenvalue weighted by Crippen LogP contribution is 2.14. The van der Waals surface area contributed by atoms with E-state index < -0.39 is 10.0 Å². The van der Waals surface area contributed by atoms with Crippen LogP contribution in [0.1, 0.15) is 6.42 Å². The minimum absolute atomic E-state index is 0.218. The zero-order chi connectivity index (χ0) is 16.8. The number of aromatic nitrogens is 2. The third kappa shape index (κ3) is 4.62. The van der Waals surface area contributed by atoms with Crippen molar-refractivity contribution in [3.05, 3.63) is 18.6 Å². The zero-order valence-corrected chi connectivity index (χ0v) is 14.7. The van der Waals surface area contributed by atoms with Crippen LogP contribution in [0.5, 0.6) is 0 Å². The van der Waals surface area contributed by atoms with Crippen LogP contribution < -0.4 is 4.90 Å². The summed E-state index contributed by atoms with van der Waals surface area (Å²) in [6, 6.07) is 0. The van der Waals surface area contributed by atoms with Crippen LogP contribution in [-0.2, 0) is 14.8 Å². The molecule has 0 amide bonds. The Morgan fingerprint density at radius 3 is 2.46 bits per heavy atom. The normalized spacial score (nSPS) is 21.1. The summed E-state index contributed by atoms with van der Waals surface area (Å²) >= 11 is 0. The molecule has 2 saturated heterocycles. The summed E-state index contributed by atoms with van der Waals surface area (Å²) in [5, 5.41) is 0. The Labute approximate surface area is 143 Å². The predicted octanol–water partition coefficient (Wildman–Crippen LogP) is -0.349. The molecule has 8 nitrogen and oxygen atoms in total. The van der Waals surface area contributed by atoms with Gasteiger partial charge >= 0.3 is 0 Å². The molecule has 2 aliphatic rings. The number of piperazine rings is 1. The van der Waals surface area contributed by atoms with Crippen LogP contribution >= 0.6 is 0 Å². The third-order valence-electron chi connectivity index (χ3n) is 4.49. The topological polar surface area (TPSA) is 78.9 Å². The summed E-state index contributed by atoms with van der Waals surface area (Å²) in [5.74, 6) is 1.03. The number of morpholine rings is 1. The smallest absolute Gasteiger partial charge is 0.214 e. The minimum Gasteiger partial charge on any atom is -0.379 e. The molecular formula is C15H25N5O3S. The molecule has 134 valence electrons. The van der Waals surface area contributed by atoms with Crippen molar-refractivity contribution in [2.24, 2.45) is 0 Å². The maximum atomic E-state index is 12.5. The minimum atomic E-state index is -3.18. The van der Waals surface area contributed by atoms with Gasteiger partial charge in [-0.05, 0) is 13.0 Å². The van der Waals surface area contributed by atoms with Crippen molar-refractivity contribution in [2.45, 2.75) is 6.42 Å². The van der Waals surface area contributed by atoms with Crippen LogP contribution in [0, 0.1) is 0 Å². The molecule has 2 aliphatic heterocycles. The van der Waals surface area contributed by atoms with Gasteiger partial charge in [0, 0.05) is 51.7 Å². The van der Waals surface area contributed by atoms with Gasteiger partial charge in [-0.25, -0.2) is 13.4 Å². The zero-order valence-electron chi connectivity index (χ0n) is 13.9. The first kappa shape index (κ1) is 17.5.